The lowest BCUT2D eigenvalue weighted by Crippen LogP contribution is -2.40. The van der Waals surface area contributed by atoms with E-state index in [1.807, 2.05) is 29.7 Å². The molecule has 1 fully saturated rings. The van der Waals surface area contributed by atoms with Gasteiger partial charge >= 0.3 is 0 Å². The number of thiophene rings is 1. The Bertz CT molecular complexity index is 1260. The number of fused-ring (bicyclic) bond motifs is 1. The van der Waals surface area contributed by atoms with Gasteiger partial charge in [0.1, 0.15) is 4.21 Å². The summed E-state index contributed by atoms with van der Waals surface area (Å²) in [4.78, 5) is 18.0. The summed E-state index contributed by atoms with van der Waals surface area (Å²) >= 11 is 8.77. The van der Waals surface area contributed by atoms with Crippen LogP contribution in [0.1, 0.15) is 19.8 Å². The number of ether oxygens (including phenoxy) is 1. The average Bonchev–Trinajstić information content (AvgIpc) is 3.43. The molecule has 1 amide bonds. The Morgan fingerprint density at radius 3 is 2.75 bits per heavy atom. The summed E-state index contributed by atoms with van der Waals surface area (Å²) < 4.78 is 35.7. The summed E-state index contributed by atoms with van der Waals surface area (Å²) in [7, 11) is -3.49. The molecule has 32 heavy (non-hydrogen) atoms. The van der Waals surface area contributed by atoms with Crippen LogP contribution in [0.3, 0.4) is 0 Å². The minimum Gasteiger partial charge on any atom is -0.380 e. The van der Waals surface area contributed by atoms with Gasteiger partial charge in [-0.25, -0.2) is 8.42 Å². The quantitative estimate of drug-likeness (QED) is 0.447. The van der Waals surface area contributed by atoms with Crippen LogP contribution in [0, 0.1) is 5.92 Å². The molecular formula is C21H24ClN3O4S3. The van der Waals surface area contributed by atoms with E-state index >= 15 is 0 Å². The molecule has 7 nitrogen and oxygen atoms in total. The molecule has 0 unspecified atom stereocenters. The lowest BCUT2D eigenvalue weighted by Gasteiger charge is -2.29. The fourth-order valence-electron chi connectivity index (χ4n) is 3.71. The number of hydrogen-bond donors (Lipinski definition) is 0. The Hall–Kier alpha value is -1.56. The van der Waals surface area contributed by atoms with Crippen molar-refractivity contribution in [1.29, 1.82) is 0 Å². The lowest BCUT2D eigenvalue weighted by molar-refractivity contribution is -0.122. The molecular weight excluding hydrogens is 490 g/mol. The normalized spacial score (nSPS) is 16.8. The van der Waals surface area contributed by atoms with Crippen molar-refractivity contribution in [2.24, 2.45) is 10.9 Å². The number of benzene rings is 1. The highest BCUT2D eigenvalue weighted by Crippen LogP contribution is 2.27. The van der Waals surface area contributed by atoms with Gasteiger partial charge in [0.2, 0.25) is 0 Å². The number of sulfonamides is 1. The van der Waals surface area contributed by atoms with E-state index in [2.05, 4.69) is 4.99 Å². The number of carbonyl (C=O) groups is 1. The van der Waals surface area contributed by atoms with Gasteiger partial charge in [-0.05, 0) is 49.4 Å². The van der Waals surface area contributed by atoms with Gasteiger partial charge in [0.05, 0.1) is 16.8 Å². The van der Waals surface area contributed by atoms with E-state index in [1.54, 1.807) is 17.5 Å². The largest absolute Gasteiger partial charge is 0.380 e. The molecule has 2 aromatic heterocycles. The molecule has 3 aromatic rings. The maximum absolute atomic E-state index is 13.0. The van der Waals surface area contributed by atoms with Crippen LogP contribution in [0.4, 0.5) is 0 Å². The zero-order valence-corrected chi connectivity index (χ0v) is 20.8. The molecule has 0 radical (unpaired) electrons. The van der Waals surface area contributed by atoms with Crippen molar-refractivity contribution in [3.05, 3.63) is 45.5 Å². The van der Waals surface area contributed by atoms with E-state index in [0.717, 1.165) is 10.2 Å². The molecule has 1 saturated heterocycles. The zero-order chi connectivity index (χ0) is 22.7. The van der Waals surface area contributed by atoms with Crippen molar-refractivity contribution in [2.75, 3.05) is 26.3 Å². The van der Waals surface area contributed by atoms with E-state index < -0.39 is 10.0 Å². The smallest absolute Gasteiger partial charge is 0.252 e. The SMILES string of the molecule is CCOCCn1c(=NC(=O)C2CCN(S(=O)(=O)c3cccs3)CC2)sc2cc(Cl)ccc21. The number of carbonyl (C=O) groups excluding carboxylic acids is 1. The van der Waals surface area contributed by atoms with Gasteiger partial charge in [-0.15, -0.1) is 11.3 Å². The Kier molecular flexibility index (Phi) is 7.48. The van der Waals surface area contributed by atoms with Crippen LogP contribution < -0.4 is 4.80 Å². The third-order valence-corrected chi connectivity index (χ3v) is 9.95. The summed E-state index contributed by atoms with van der Waals surface area (Å²) in [5.74, 6) is -0.500. The summed E-state index contributed by atoms with van der Waals surface area (Å²) in [5.41, 5.74) is 0.961. The van der Waals surface area contributed by atoms with Crippen LogP contribution in [-0.4, -0.2) is 49.5 Å². The van der Waals surface area contributed by atoms with Gasteiger partial charge in [-0.3, -0.25) is 4.79 Å². The molecule has 1 aliphatic rings. The van der Waals surface area contributed by atoms with Crippen molar-refractivity contribution in [1.82, 2.24) is 8.87 Å². The first-order valence-electron chi connectivity index (χ1n) is 10.4. The number of aromatic nitrogens is 1. The molecule has 4 rings (SSSR count). The topological polar surface area (TPSA) is 81.0 Å². The van der Waals surface area contributed by atoms with Crippen molar-refractivity contribution in [3.8, 4) is 0 Å². The molecule has 0 N–H and O–H groups in total. The first-order chi connectivity index (χ1) is 15.4. The Morgan fingerprint density at radius 2 is 2.06 bits per heavy atom. The Balaban J connectivity index is 1.53. The zero-order valence-electron chi connectivity index (χ0n) is 17.6. The van der Waals surface area contributed by atoms with Gasteiger partial charge < -0.3 is 9.30 Å². The molecule has 1 aromatic carbocycles. The van der Waals surface area contributed by atoms with Crippen molar-refractivity contribution in [3.63, 3.8) is 0 Å². The van der Waals surface area contributed by atoms with Crippen molar-refractivity contribution < 1.29 is 17.9 Å². The number of hydrogen-bond acceptors (Lipinski definition) is 6. The second-order valence-electron chi connectivity index (χ2n) is 7.41. The number of piperidine rings is 1. The van der Waals surface area contributed by atoms with E-state index in [1.165, 1.54) is 27.0 Å². The average molecular weight is 514 g/mol. The minimum absolute atomic E-state index is 0.207. The van der Waals surface area contributed by atoms with Crippen molar-refractivity contribution in [2.45, 2.75) is 30.5 Å². The number of thiazole rings is 1. The van der Waals surface area contributed by atoms with E-state index in [9.17, 15) is 13.2 Å². The molecule has 0 saturated carbocycles. The summed E-state index contributed by atoms with van der Waals surface area (Å²) in [6, 6.07) is 8.96. The summed E-state index contributed by atoms with van der Waals surface area (Å²) in [6.45, 7) is 4.30. The first kappa shape index (κ1) is 23.6. The predicted molar refractivity (Wildman–Crippen MR) is 128 cm³/mol. The molecule has 11 heteroatoms. The van der Waals surface area contributed by atoms with Crippen LogP contribution >= 0.6 is 34.3 Å². The minimum atomic E-state index is -3.49. The van der Waals surface area contributed by atoms with Crippen molar-refractivity contribution >= 4 is 60.4 Å². The van der Waals surface area contributed by atoms with Crippen LogP contribution in [0.15, 0.2) is 44.9 Å². The number of nitrogens with zero attached hydrogens (tertiary/aromatic N) is 3. The highest BCUT2D eigenvalue weighted by molar-refractivity contribution is 7.91. The maximum atomic E-state index is 13.0. The Labute approximate surface area is 200 Å². The molecule has 0 atom stereocenters. The number of amides is 1. The highest BCUT2D eigenvalue weighted by Gasteiger charge is 2.32. The standard InChI is InChI=1S/C21H24ClN3O4S3/c1-2-29-12-11-25-17-6-5-16(22)14-18(17)31-21(25)23-20(26)15-7-9-24(10-8-15)32(27,28)19-4-3-13-30-19/h3-6,13-15H,2,7-12H2,1H3. The van der Waals surface area contributed by atoms with E-state index in [0.29, 0.717) is 59.7 Å². The molecule has 0 aliphatic carbocycles. The molecule has 0 spiro atoms. The fourth-order valence-corrected chi connectivity index (χ4v) is 7.67. The monoisotopic (exact) mass is 513 g/mol. The van der Waals surface area contributed by atoms with Gasteiger partial charge in [-0.1, -0.05) is 29.0 Å². The van der Waals surface area contributed by atoms with Crippen LogP contribution in [0.2, 0.25) is 5.02 Å². The third kappa shape index (κ3) is 5.00. The number of halogens is 1. The van der Waals surface area contributed by atoms with Crippen LogP contribution in [-0.2, 0) is 26.1 Å². The maximum Gasteiger partial charge on any atom is 0.252 e. The third-order valence-electron chi connectivity index (χ3n) is 5.41. The summed E-state index contributed by atoms with van der Waals surface area (Å²) in [5, 5.41) is 2.38. The molecule has 1 aliphatic heterocycles. The summed E-state index contributed by atoms with van der Waals surface area (Å²) in [6.07, 6.45) is 0.922. The van der Waals surface area contributed by atoms with Crippen LogP contribution in [0.25, 0.3) is 10.2 Å². The van der Waals surface area contributed by atoms with Gasteiger partial charge in [0.25, 0.3) is 15.9 Å². The molecule has 3 heterocycles. The second kappa shape index (κ2) is 10.1. The lowest BCUT2D eigenvalue weighted by atomic mass is 9.98. The Morgan fingerprint density at radius 1 is 1.28 bits per heavy atom. The first-order valence-corrected chi connectivity index (χ1v) is 13.9. The molecule has 0 bridgehead atoms. The van der Waals surface area contributed by atoms with Crippen LogP contribution in [0.5, 0.6) is 0 Å². The predicted octanol–water partition coefficient (Wildman–Crippen LogP) is 3.98. The van der Waals surface area contributed by atoms with Gasteiger partial charge in [0, 0.05) is 37.2 Å². The van der Waals surface area contributed by atoms with Gasteiger partial charge in [0.15, 0.2) is 4.80 Å². The molecule has 172 valence electrons. The fraction of sp³-hybridized carbons (Fsp3) is 0.429. The van der Waals surface area contributed by atoms with E-state index in [-0.39, 0.29) is 11.8 Å². The van der Waals surface area contributed by atoms with Gasteiger partial charge in [-0.2, -0.15) is 9.30 Å². The highest BCUT2D eigenvalue weighted by atomic mass is 35.5. The second-order valence-corrected chi connectivity index (χ2v) is 12.0. The van der Waals surface area contributed by atoms with E-state index in [4.69, 9.17) is 16.3 Å². The number of rotatable bonds is 7.